The lowest BCUT2D eigenvalue weighted by molar-refractivity contribution is 0.659. The molecule has 0 saturated carbocycles. The molecule has 1 fully saturated rings. The zero-order valence-corrected chi connectivity index (χ0v) is 11.4. The molecular weight excluding hydrogens is 232 g/mol. The minimum absolute atomic E-state index is 0.173. The quantitative estimate of drug-likeness (QED) is 0.896. The summed E-state index contributed by atoms with van der Waals surface area (Å²) in [5.41, 5.74) is 8.39. The molecular formula is C14H21ClN2. The van der Waals surface area contributed by atoms with Crippen LogP contribution in [0.4, 0.5) is 5.69 Å². The average molecular weight is 253 g/mol. The molecule has 0 aromatic heterocycles. The first-order chi connectivity index (χ1) is 8.08. The van der Waals surface area contributed by atoms with E-state index in [0.29, 0.717) is 0 Å². The Hall–Kier alpha value is -0.730. The van der Waals surface area contributed by atoms with Crippen molar-refractivity contribution in [1.82, 2.24) is 0 Å². The van der Waals surface area contributed by atoms with E-state index in [0.717, 1.165) is 30.5 Å². The normalized spacial score (nSPS) is 21.9. The summed E-state index contributed by atoms with van der Waals surface area (Å²) in [6, 6.07) is 6.31. The Kier molecular flexibility index (Phi) is 3.95. The highest BCUT2D eigenvalue weighted by Crippen LogP contribution is 2.34. The van der Waals surface area contributed by atoms with E-state index in [1.165, 1.54) is 17.7 Å². The van der Waals surface area contributed by atoms with Crippen molar-refractivity contribution in [2.75, 3.05) is 18.0 Å². The molecule has 0 aliphatic carbocycles. The summed E-state index contributed by atoms with van der Waals surface area (Å²) >= 11 is 6.36. The lowest BCUT2D eigenvalue weighted by atomic mass is 10.0. The number of hydrogen-bond donors (Lipinski definition) is 1. The summed E-state index contributed by atoms with van der Waals surface area (Å²) in [4.78, 5) is 2.41. The van der Waals surface area contributed by atoms with Crippen LogP contribution in [-0.4, -0.2) is 19.1 Å². The predicted molar refractivity (Wildman–Crippen MR) is 74.8 cm³/mol. The second-order valence-electron chi connectivity index (χ2n) is 5.27. The number of hydrogen-bond acceptors (Lipinski definition) is 2. The molecule has 1 aliphatic rings. The molecule has 1 saturated heterocycles. The molecule has 94 valence electrons. The van der Waals surface area contributed by atoms with E-state index >= 15 is 0 Å². The Labute approximate surface area is 109 Å². The molecule has 2 unspecified atom stereocenters. The molecule has 0 spiro atoms. The van der Waals surface area contributed by atoms with E-state index in [-0.39, 0.29) is 6.04 Å². The van der Waals surface area contributed by atoms with Gasteiger partial charge in [0.1, 0.15) is 0 Å². The summed E-state index contributed by atoms with van der Waals surface area (Å²) in [5, 5.41) is 0.859. The van der Waals surface area contributed by atoms with Crippen LogP contribution in [0.1, 0.15) is 25.8 Å². The molecule has 2 nitrogen and oxygen atoms in total. The SMILES string of the molecule is CC(N)Cc1cccc(Cl)c1N1CCC(C)C1. The van der Waals surface area contributed by atoms with Gasteiger partial charge in [0, 0.05) is 19.1 Å². The fraction of sp³-hybridized carbons (Fsp3) is 0.571. The van der Waals surface area contributed by atoms with Crippen molar-refractivity contribution < 1.29 is 0 Å². The van der Waals surface area contributed by atoms with Crippen molar-refractivity contribution >= 4 is 17.3 Å². The fourth-order valence-corrected chi connectivity index (χ4v) is 2.88. The fourth-order valence-electron chi connectivity index (χ4n) is 2.56. The lowest BCUT2D eigenvalue weighted by Gasteiger charge is -2.24. The molecule has 3 heteroatoms. The molecule has 2 rings (SSSR count). The first kappa shape index (κ1) is 12.7. The molecule has 2 atom stereocenters. The van der Waals surface area contributed by atoms with E-state index in [9.17, 15) is 0 Å². The highest BCUT2D eigenvalue weighted by molar-refractivity contribution is 6.33. The van der Waals surface area contributed by atoms with Gasteiger partial charge in [0.15, 0.2) is 0 Å². The van der Waals surface area contributed by atoms with Crippen molar-refractivity contribution in [3.8, 4) is 0 Å². The minimum Gasteiger partial charge on any atom is -0.370 e. The number of nitrogens with two attached hydrogens (primary N) is 1. The Morgan fingerprint density at radius 1 is 1.53 bits per heavy atom. The predicted octanol–water partition coefficient (Wildman–Crippen LogP) is 3.08. The van der Waals surface area contributed by atoms with Crippen molar-refractivity contribution in [3.05, 3.63) is 28.8 Å². The number of para-hydroxylation sites is 1. The van der Waals surface area contributed by atoms with Crippen molar-refractivity contribution in [1.29, 1.82) is 0 Å². The summed E-state index contributed by atoms with van der Waals surface area (Å²) in [6.45, 7) is 6.55. The van der Waals surface area contributed by atoms with E-state index in [1.54, 1.807) is 0 Å². The molecule has 2 N–H and O–H groups in total. The van der Waals surface area contributed by atoms with Crippen LogP contribution < -0.4 is 10.6 Å². The van der Waals surface area contributed by atoms with Gasteiger partial charge in [0.05, 0.1) is 10.7 Å². The van der Waals surface area contributed by atoms with Gasteiger partial charge in [0.25, 0.3) is 0 Å². The third-order valence-corrected chi connectivity index (χ3v) is 3.66. The zero-order valence-electron chi connectivity index (χ0n) is 10.6. The third-order valence-electron chi connectivity index (χ3n) is 3.35. The number of rotatable bonds is 3. The molecule has 1 aromatic carbocycles. The van der Waals surface area contributed by atoms with Crippen molar-refractivity contribution in [2.45, 2.75) is 32.7 Å². The van der Waals surface area contributed by atoms with E-state index < -0.39 is 0 Å². The van der Waals surface area contributed by atoms with Crippen molar-refractivity contribution in [3.63, 3.8) is 0 Å². The maximum absolute atomic E-state index is 6.36. The van der Waals surface area contributed by atoms with E-state index in [1.807, 2.05) is 19.1 Å². The van der Waals surface area contributed by atoms with Gasteiger partial charge in [-0.15, -0.1) is 0 Å². The molecule has 0 bridgehead atoms. The van der Waals surface area contributed by atoms with Crippen LogP contribution in [-0.2, 0) is 6.42 Å². The molecule has 0 radical (unpaired) electrons. The molecule has 17 heavy (non-hydrogen) atoms. The van der Waals surface area contributed by atoms with Gasteiger partial charge < -0.3 is 10.6 Å². The number of anilines is 1. The second-order valence-corrected chi connectivity index (χ2v) is 5.68. The maximum atomic E-state index is 6.36. The van der Waals surface area contributed by atoms with Gasteiger partial charge in [-0.3, -0.25) is 0 Å². The topological polar surface area (TPSA) is 29.3 Å². The molecule has 1 heterocycles. The second kappa shape index (κ2) is 5.28. The summed E-state index contributed by atoms with van der Waals surface area (Å²) in [5.74, 6) is 0.759. The summed E-state index contributed by atoms with van der Waals surface area (Å²) in [7, 11) is 0. The smallest absolute Gasteiger partial charge is 0.0642 e. The van der Waals surface area contributed by atoms with E-state index in [2.05, 4.69) is 17.9 Å². The van der Waals surface area contributed by atoms with Gasteiger partial charge in [-0.05, 0) is 37.3 Å². The van der Waals surface area contributed by atoms with Crippen LogP contribution in [0.15, 0.2) is 18.2 Å². The minimum atomic E-state index is 0.173. The molecule has 1 aliphatic heterocycles. The van der Waals surface area contributed by atoms with Crippen LogP contribution in [0.3, 0.4) is 0 Å². The highest BCUT2D eigenvalue weighted by Gasteiger charge is 2.23. The number of benzene rings is 1. The summed E-state index contributed by atoms with van der Waals surface area (Å²) in [6.07, 6.45) is 2.14. The Morgan fingerprint density at radius 3 is 2.88 bits per heavy atom. The Balaban J connectivity index is 2.30. The van der Waals surface area contributed by atoms with Crippen LogP contribution in [0.5, 0.6) is 0 Å². The highest BCUT2D eigenvalue weighted by atomic mass is 35.5. The van der Waals surface area contributed by atoms with Gasteiger partial charge >= 0.3 is 0 Å². The molecule has 1 aromatic rings. The largest absolute Gasteiger partial charge is 0.370 e. The van der Waals surface area contributed by atoms with Gasteiger partial charge in [-0.1, -0.05) is 30.7 Å². The Morgan fingerprint density at radius 2 is 2.29 bits per heavy atom. The molecule has 0 amide bonds. The standard InChI is InChI=1S/C14H21ClN2/c1-10-6-7-17(9-10)14-12(8-11(2)16)4-3-5-13(14)15/h3-5,10-11H,6-9,16H2,1-2H3. The van der Waals surface area contributed by atoms with E-state index in [4.69, 9.17) is 17.3 Å². The first-order valence-electron chi connectivity index (χ1n) is 6.36. The van der Waals surface area contributed by atoms with Crippen LogP contribution >= 0.6 is 11.6 Å². The number of halogens is 1. The zero-order chi connectivity index (χ0) is 12.4. The average Bonchev–Trinajstić information content (AvgIpc) is 2.64. The van der Waals surface area contributed by atoms with Gasteiger partial charge in [-0.2, -0.15) is 0 Å². The van der Waals surface area contributed by atoms with Gasteiger partial charge in [-0.25, -0.2) is 0 Å². The monoisotopic (exact) mass is 252 g/mol. The summed E-state index contributed by atoms with van der Waals surface area (Å²) < 4.78 is 0. The third kappa shape index (κ3) is 2.93. The van der Waals surface area contributed by atoms with Crippen LogP contribution in [0.25, 0.3) is 0 Å². The van der Waals surface area contributed by atoms with Crippen LogP contribution in [0.2, 0.25) is 5.02 Å². The maximum Gasteiger partial charge on any atom is 0.0642 e. The Bertz CT molecular complexity index is 390. The lowest BCUT2D eigenvalue weighted by Crippen LogP contribution is -2.24. The van der Waals surface area contributed by atoms with Crippen molar-refractivity contribution in [2.24, 2.45) is 11.7 Å². The number of nitrogens with zero attached hydrogens (tertiary/aromatic N) is 1. The van der Waals surface area contributed by atoms with Gasteiger partial charge in [0.2, 0.25) is 0 Å². The van der Waals surface area contributed by atoms with Crippen LogP contribution in [0, 0.1) is 5.92 Å². The first-order valence-corrected chi connectivity index (χ1v) is 6.73.